The number of nitrogens with one attached hydrogen (secondary N) is 1. The number of hydrogen-bond acceptors (Lipinski definition) is 5. The Morgan fingerprint density at radius 3 is 3.06 bits per heavy atom. The van der Waals surface area contributed by atoms with E-state index in [1.807, 2.05) is 24.3 Å². The van der Waals surface area contributed by atoms with Gasteiger partial charge in [-0.15, -0.1) is 0 Å². The second kappa shape index (κ2) is 4.78. The molecule has 1 saturated heterocycles. The number of ether oxygens (including phenoxy) is 1. The van der Waals surface area contributed by atoms with Gasteiger partial charge in [-0.3, -0.25) is 0 Å². The summed E-state index contributed by atoms with van der Waals surface area (Å²) < 4.78 is 5.64. The van der Waals surface area contributed by atoms with Crippen LogP contribution in [-0.4, -0.2) is 29.7 Å². The molecule has 3 rings (SSSR count). The molecule has 2 aromatic rings. The Morgan fingerprint density at radius 2 is 2.22 bits per heavy atom. The Hall–Kier alpha value is -1.88. The van der Waals surface area contributed by atoms with Crippen molar-refractivity contribution < 1.29 is 4.74 Å². The van der Waals surface area contributed by atoms with Crippen molar-refractivity contribution in [1.82, 2.24) is 15.3 Å². The summed E-state index contributed by atoms with van der Waals surface area (Å²) in [5.74, 6) is 1.02. The first-order valence-corrected chi connectivity index (χ1v) is 6.19. The Labute approximate surface area is 105 Å². The van der Waals surface area contributed by atoms with Crippen LogP contribution in [0.3, 0.4) is 0 Å². The standard InChI is InChI=1S/C13H16N4O/c14-12-10-3-1-2-4-11(10)16-13(17-12)18-8-9-5-6-15-7-9/h1-4,9,15H,5-8H2,(H2,14,16,17)/t9-/m1/s1. The second-order valence-electron chi connectivity index (χ2n) is 4.58. The van der Waals surface area contributed by atoms with Crippen molar-refractivity contribution in [3.05, 3.63) is 24.3 Å². The maximum absolute atomic E-state index is 5.90. The highest BCUT2D eigenvalue weighted by Gasteiger charge is 2.16. The van der Waals surface area contributed by atoms with E-state index in [9.17, 15) is 0 Å². The molecule has 1 aliphatic heterocycles. The van der Waals surface area contributed by atoms with Gasteiger partial charge >= 0.3 is 6.01 Å². The minimum Gasteiger partial charge on any atom is -0.463 e. The normalized spacial score (nSPS) is 19.2. The van der Waals surface area contributed by atoms with Crippen LogP contribution in [0.15, 0.2) is 24.3 Å². The van der Waals surface area contributed by atoms with Crippen molar-refractivity contribution in [1.29, 1.82) is 0 Å². The molecule has 1 aromatic carbocycles. The molecule has 3 N–H and O–H groups in total. The molecule has 1 fully saturated rings. The molecule has 0 radical (unpaired) electrons. The van der Waals surface area contributed by atoms with Crippen LogP contribution < -0.4 is 15.8 Å². The van der Waals surface area contributed by atoms with E-state index in [0.29, 0.717) is 24.4 Å². The molecule has 5 heteroatoms. The van der Waals surface area contributed by atoms with Gasteiger partial charge in [-0.25, -0.2) is 0 Å². The molecule has 94 valence electrons. The van der Waals surface area contributed by atoms with Gasteiger partial charge in [-0.2, -0.15) is 9.97 Å². The van der Waals surface area contributed by atoms with E-state index in [1.54, 1.807) is 0 Å². The molecule has 0 bridgehead atoms. The quantitative estimate of drug-likeness (QED) is 0.848. The first kappa shape index (κ1) is 11.2. The summed E-state index contributed by atoms with van der Waals surface area (Å²) in [7, 11) is 0. The zero-order valence-electron chi connectivity index (χ0n) is 10.1. The lowest BCUT2D eigenvalue weighted by atomic mass is 10.1. The average Bonchev–Trinajstić information content (AvgIpc) is 2.90. The van der Waals surface area contributed by atoms with Gasteiger partial charge in [0, 0.05) is 17.8 Å². The second-order valence-corrected chi connectivity index (χ2v) is 4.58. The van der Waals surface area contributed by atoms with Crippen LogP contribution >= 0.6 is 0 Å². The average molecular weight is 244 g/mol. The van der Waals surface area contributed by atoms with E-state index in [0.717, 1.165) is 30.4 Å². The molecule has 1 aromatic heterocycles. The lowest BCUT2D eigenvalue weighted by molar-refractivity contribution is 0.242. The number of nitrogen functional groups attached to an aromatic ring is 1. The Kier molecular flexibility index (Phi) is 2.98. The third kappa shape index (κ3) is 2.22. The molecular formula is C13H16N4O. The molecular weight excluding hydrogens is 228 g/mol. The number of nitrogens with zero attached hydrogens (tertiary/aromatic N) is 2. The number of fused-ring (bicyclic) bond motifs is 1. The van der Waals surface area contributed by atoms with E-state index in [-0.39, 0.29) is 0 Å². The van der Waals surface area contributed by atoms with E-state index in [2.05, 4.69) is 15.3 Å². The highest BCUT2D eigenvalue weighted by atomic mass is 16.5. The number of hydrogen-bond donors (Lipinski definition) is 2. The number of para-hydroxylation sites is 1. The first-order chi connectivity index (χ1) is 8.83. The SMILES string of the molecule is Nc1nc(OC[C@@H]2CCNC2)nc2ccccc12. The molecule has 0 saturated carbocycles. The van der Waals surface area contributed by atoms with Gasteiger partial charge in [0.2, 0.25) is 0 Å². The van der Waals surface area contributed by atoms with Gasteiger partial charge in [-0.1, -0.05) is 12.1 Å². The molecule has 1 atom stereocenters. The molecule has 0 spiro atoms. The van der Waals surface area contributed by atoms with Gasteiger partial charge in [0.25, 0.3) is 0 Å². The smallest absolute Gasteiger partial charge is 0.318 e. The van der Waals surface area contributed by atoms with Gasteiger partial charge in [-0.05, 0) is 25.1 Å². The number of benzene rings is 1. The van der Waals surface area contributed by atoms with Gasteiger partial charge in [0.1, 0.15) is 5.82 Å². The summed E-state index contributed by atoms with van der Waals surface area (Å²) in [6.45, 7) is 2.71. The van der Waals surface area contributed by atoms with Gasteiger partial charge in [0.05, 0.1) is 12.1 Å². The zero-order chi connectivity index (χ0) is 12.4. The maximum Gasteiger partial charge on any atom is 0.318 e. The number of nitrogens with two attached hydrogens (primary N) is 1. The van der Waals surface area contributed by atoms with E-state index in [1.165, 1.54) is 0 Å². The summed E-state index contributed by atoms with van der Waals surface area (Å²) in [4.78, 5) is 8.55. The highest BCUT2D eigenvalue weighted by molar-refractivity contribution is 5.87. The lowest BCUT2D eigenvalue weighted by Gasteiger charge is -2.10. The van der Waals surface area contributed by atoms with Crippen LogP contribution in [0.4, 0.5) is 5.82 Å². The highest BCUT2D eigenvalue weighted by Crippen LogP contribution is 2.20. The molecule has 18 heavy (non-hydrogen) atoms. The Balaban J connectivity index is 1.79. The van der Waals surface area contributed by atoms with Crippen molar-refractivity contribution in [3.8, 4) is 6.01 Å². The monoisotopic (exact) mass is 244 g/mol. The van der Waals surface area contributed by atoms with Crippen molar-refractivity contribution in [2.75, 3.05) is 25.4 Å². The van der Waals surface area contributed by atoms with Crippen LogP contribution in [0.25, 0.3) is 10.9 Å². The summed E-state index contributed by atoms with van der Waals surface area (Å²) in [5, 5.41) is 4.17. The van der Waals surface area contributed by atoms with Crippen LogP contribution in [0.1, 0.15) is 6.42 Å². The lowest BCUT2D eigenvalue weighted by Crippen LogP contribution is -2.16. The minimum atomic E-state index is 0.373. The molecule has 0 amide bonds. The number of anilines is 1. The third-order valence-corrected chi connectivity index (χ3v) is 3.22. The van der Waals surface area contributed by atoms with Crippen LogP contribution in [0.5, 0.6) is 6.01 Å². The largest absolute Gasteiger partial charge is 0.463 e. The summed E-state index contributed by atoms with van der Waals surface area (Å²) in [6.07, 6.45) is 1.14. The van der Waals surface area contributed by atoms with E-state index < -0.39 is 0 Å². The molecule has 0 unspecified atom stereocenters. The van der Waals surface area contributed by atoms with Crippen molar-refractivity contribution in [2.45, 2.75) is 6.42 Å². The predicted octanol–water partition coefficient (Wildman–Crippen LogP) is 1.20. The van der Waals surface area contributed by atoms with Crippen LogP contribution in [0, 0.1) is 5.92 Å². The van der Waals surface area contributed by atoms with Crippen LogP contribution in [-0.2, 0) is 0 Å². The van der Waals surface area contributed by atoms with Gasteiger partial charge in [0.15, 0.2) is 0 Å². The van der Waals surface area contributed by atoms with E-state index >= 15 is 0 Å². The number of aromatic nitrogens is 2. The first-order valence-electron chi connectivity index (χ1n) is 6.19. The van der Waals surface area contributed by atoms with Crippen molar-refractivity contribution in [3.63, 3.8) is 0 Å². The van der Waals surface area contributed by atoms with Crippen LogP contribution in [0.2, 0.25) is 0 Å². The molecule has 1 aliphatic rings. The topological polar surface area (TPSA) is 73.1 Å². The van der Waals surface area contributed by atoms with Gasteiger partial charge < -0.3 is 15.8 Å². The molecule has 5 nitrogen and oxygen atoms in total. The predicted molar refractivity (Wildman–Crippen MR) is 70.4 cm³/mol. The summed E-state index contributed by atoms with van der Waals surface area (Å²) in [5.41, 5.74) is 6.72. The summed E-state index contributed by atoms with van der Waals surface area (Å²) >= 11 is 0. The Bertz CT molecular complexity index is 552. The zero-order valence-corrected chi connectivity index (χ0v) is 10.1. The summed E-state index contributed by atoms with van der Waals surface area (Å²) in [6, 6.07) is 8.05. The minimum absolute atomic E-state index is 0.373. The Morgan fingerprint density at radius 1 is 1.33 bits per heavy atom. The van der Waals surface area contributed by atoms with Crippen molar-refractivity contribution >= 4 is 16.7 Å². The molecule has 0 aliphatic carbocycles. The maximum atomic E-state index is 5.90. The fourth-order valence-corrected chi connectivity index (χ4v) is 2.19. The number of rotatable bonds is 3. The third-order valence-electron chi connectivity index (χ3n) is 3.22. The van der Waals surface area contributed by atoms with E-state index in [4.69, 9.17) is 10.5 Å². The fraction of sp³-hybridized carbons (Fsp3) is 0.385. The molecule has 2 heterocycles. The van der Waals surface area contributed by atoms with Crippen molar-refractivity contribution in [2.24, 2.45) is 5.92 Å². The fourth-order valence-electron chi connectivity index (χ4n) is 2.19.